The molecule has 2 aliphatic rings. The Kier molecular flexibility index (Phi) is 6.64. The monoisotopic (exact) mass is 479 g/mol. The summed E-state index contributed by atoms with van der Waals surface area (Å²) in [6, 6.07) is 4.02. The zero-order valence-corrected chi connectivity index (χ0v) is 18.7. The van der Waals surface area contributed by atoms with Crippen LogP contribution in [0.25, 0.3) is 0 Å². The third-order valence-corrected chi connectivity index (χ3v) is 6.54. The van der Waals surface area contributed by atoms with Gasteiger partial charge in [-0.25, -0.2) is 23.5 Å². The molecule has 0 bridgehead atoms. The van der Waals surface area contributed by atoms with Gasteiger partial charge in [0, 0.05) is 38.3 Å². The standard InChI is InChI=1S/C22H24ClF2N5O3/c1-12-8-17(25)19-18(12)20(28-11-27-19)29-4-6-30(7-5-29)21(31)14(10-26-22(32)33)13-2-3-15(23)16(24)9-13/h2-3,9,11-12,14,17,26H,4-8,10H2,1H3,(H,32,33)/t12-,14+,17+/m1/s1. The summed E-state index contributed by atoms with van der Waals surface area (Å²) in [4.78, 5) is 36.5. The van der Waals surface area contributed by atoms with Crippen molar-refractivity contribution in [3.63, 3.8) is 0 Å². The number of rotatable bonds is 5. The lowest BCUT2D eigenvalue weighted by Crippen LogP contribution is -2.51. The lowest BCUT2D eigenvalue weighted by molar-refractivity contribution is -0.133. The Bertz CT molecular complexity index is 1060. The van der Waals surface area contributed by atoms with Crippen molar-refractivity contribution in [3.8, 4) is 0 Å². The average molecular weight is 480 g/mol. The zero-order chi connectivity index (χ0) is 23.7. The molecular formula is C22H24ClF2N5O3. The maximum Gasteiger partial charge on any atom is 0.404 e. The molecule has 8 nitrogen and oxygen atoms in total. The van der Waals surface area contributed by atoms with Crippen LogP contribution in [0, 0.1) is 5.82 Å². The molecule has 1 aliphatic carbocycles. The van der Waals surface area contributed by atoms with Crippen LogP contribution in [0.15, 0.2) is 24.5 Å². The summed E-state index contributed by atoms with van der Waals surface area (Å²) in [6.07, 6.45) is -0.610. The molecule has 2 N–H and O–H groups in total. The largest absolute Gasteiger partial charge is 0.465 e. The SMILES string of the molecule is C[C@@H]1C[C@H](F)c2ncnc(N3CCN(C(=O)[C@@H](CNC(=O)O)c4ccc(Cl)c(F)c4)CC3)c21. The van der Waals surface area contributed by atoms with Crippen molar-refractivity contribution in [2.24, 2.45) is 0 Å². The molecule has 2 heterocycles. The second-order valence-electron chi connectivity index (χ2n) is 8.32. The van der Waals surface area contributed by atoms with Gasteiger partial charge in [-0.2, -0.15) is 0 Å². The Balaban J connectivity index is 1.49. The van der Waals surface area contributed by atoms with Crippen LogP contribution < -0.4 is 10.2 Å². The van der Waals surface area contributed by atoms with Crippen LogP contribution in [-0.2, 0) is 4.79 Å². The average Bonchev–Trinajstić information content (AvgIpc) is 3.09. The first-order chi connectivity index (χ1) is 15.8. The van der Waals surface area contributed by atoms with E-state index in [4.69, 9.17) is 16.7 Å². The van der Waals surface area contributed by atoms with Crippen molar-refractivity contribution in [1.29, 1.82) is 0 Å². The van der Waals surface area contributed by atoms with Gasteiger partial charge in [0.2, 0.25) is 5.91 Å². The minimum Gasteiger partial charge on any atom is -0.465 e. The van der Waals surface area contributed by atoms with Gasteiger partial charge in [0.1, 0.15) is 24.1 Å². The zero-order valence-electron chi connectivity index (χ0n) is 18.0. The van der Waals surface area contributed by atoms with Gasteiger partial charge in [-0.05, 0) is 30.0 Å². The fraction of sp³-hybridized carbons (Fsp3) is 0.455. The third kappa shape index (κ3) is 4.71. The molecule has 1 aromatic carbocycles. The minimum atomic E-state index is -1.27. The van der Waals surface area contributed by atoms with Gasteiger partial charge >= 0.3 is 6.09 Å². The number of fused-ring (bicyclic) bond motifs is 1. The van der Waals surface area contributed by atoms with Crippen molar-refractivity contribution in [1.82, 2.24) is 20.2 Å². The number of nitrogens with one attached hydrogen (secondary N) is 1. The van der Waals surface area contributed by atoms with E-state index in [-0.39, 0.29) is 23.4 Å². The van der Waals surface area contributed by atoms with Crippen LogP contribution in [0.5, 0.6) is 0 Å². The Morgan fingerprint density at radius 1 is 1.27 bits per heavy atom. The number of nitrogens with zero attached hydrogens (tertiary/aromatic N) is 4. The van der Waals surface area contributed by atoms with Crippen LogP contribution >= 0.6 is 11.6 Å². The summed E-state index contributed by atoms with van der Waals surface area (Å²) in [7, 11) is 0. The highest BCUT2D eigenvalue weighted by atomic mass is 35.5. The number of aromatic nitrogens is 2. The Morgan fingerprint density at radius 2 is 2.00 bits per heavy atom. The number of hydrogen-bond donors (Lipinski definition) is 2. The second kappa shape index (κ2) is 9.46. The molecular weight excluding hydrogens is 456 g/mol. The van der Waals surface area contributed by atoms with Crippen LogP contribution in [0.4, 0.5) is 19.4 Å². The van der Waals surface area contributed by atoms with Gasteiger partial charge in [0.25, 0.3) is 0 Å². The number of carboxylic acid groups (broad SMARTS) is 1. The van der Waals surface area contributed by atoms with Gasteiger partial charge in [-0.15, -0.1) is 0 Å². The van der Waals surface area contributed by atoms with E-state index >= 15 is 0 Å². The predicted molar refractivity (Wildman–Crippen MR) is 118 cm³/mol. The summed E-state index contributed by atoms with van der Waals surface area (Å²) in [5, 5.41) is 11.1. The molecule has 2 amide bonds. The number of hydrogen-bond acceptors (Lipinski definition) is 5. The number of benzene rings is 1. The minimum absolute atomic E-state index is 0.0112. The lowest BCUT2D eigenvalue weighted by Gasteiger charge is -2.38. The normalized spacial score (nSPS) is 21.0. The van der Waals surface area contributed by atoms with Crippen LogP contribution in [0.1, 0.15) is 48.2 Å². The van der Waals surface area contributed by atoms with Crippen LogP contribution in [0.2, 0.25) is 5.02 Å². The summed E-state index contributed by atoms with van der Waals surface area (Å²) in [6.45, 7) is 3.45. The number of carbonyl (C=O) groups excluding carboxylic acids is 1. The smallest absolute Gasteiger partial charge is 0.404 e. The molecule has 11 heteroatoms. The quantitative estimate of drug-likeness (QED) is 0.681. The summed E-state index contributed by atoms with van der Waals surface area (Å²) >= 11 is 5.76. The number of alkyl halides is 1. The maximum absolute atomic E-state index is 14.3. The molecule has 0 unspecified atom stereocenters. The summed E-state index contributed by atoms with van der Waals surface area (Å²) in [5.41, 5.74) is 1.61. The maximum atomic E-state index is 14.3. The molecule has 176 valence electrons. The summed E-state index contributed by atoms with van der Waals surface area (Å²) in [5.74, 6) is -1.17. The van der Waals surface area contributed by atoms with E-state index in [1.807, 2.05) is 11.8 Å². The van der Waals surface area contributed by atoms with E-state index in [9.17, 15) is 18.4 Å². The van der Waals surface area contributed by atoms with Crippen molar-refractivity contribution < 1.29 is 23.5 Å². The van der Waals surface area contributed by atoms with E-state index < -0.39 is 24.0 Å². The fourth-order valence-electron chi connectivity index (χ4n) is 4.54. The topological polar surface area (TPSA) is 98.7 Å². The molecule has 4 rings (SSSR count). The molecule has 2 aromatic rings. The van der Waals surface area contributed by atoms with Crippen LogP contribution in [-0.4, -0.2) is 64.7 Å². The molecule has 0 spiro atoms. The van der Waals surface area contributed by atoms with Gasteiger partial charge in [-0.3, -0.25) is 4.79 Å². The van der Waals surface area contributed by atoms with Gasteiger partial charge in [0.05, 0.1) is 16.6 Å². The highest BCUT2D eigenvalue weighted by Crippen LogP contribution is 2.44. The highest BCUT2D eigenvalue weighted by Gasteiger charge is 2.36. The van der Waals surface area contributed by atoms with E-state index in [0.29, 0.717) is 49.7 Å². The van der Waals surface area contributed by atoms with Crippen molar-refractivity contribution in [3.05, 3.63) is 52.2 Å². The van der Waals surface area contributed by atoms with Crippen molar-refractivity contribution in [2.75, 3.05) is 37.6 Å². The molecule has 0 saturated carbocycles. The fourth-order valence-corrected chi connectivity index (χ4v) is 4.66. The lowest BCUT2D eigenvalue weighted by atomic mass is 9.96. The van der Waals surface area contributed by atoms with Gasteiger partial charge < -0.3 is 20.2 Å². The molecule has 1 aliphatic heterocycles. The molecule has 33 heavy (non-hydrogen) atoms. The van der Waals surface area contributed by atoms with Crippen LogP contribution in [0.3, 0.4) is 0 Å². The van der Waals surface area contributed by atoms with E-state index in [1.54, 1.807) is 4.90 Å². The van der Waals surface area contributed by atoms with E-state index in [1.165, 1.54) is 18.5 Å². The predicted octanol–water partition coefficient (Wildman–Crippen LogP) is 3.49. The number of piperazine rings is 1. The number of carbonyl (C=O) groups is 2. The Hall–Kier alpha value is -3.01. The third-order valence-electron chi connectivity index (χ3n) is 6.24. The first-order valence-electron chi connectivity index (χ1n) is 10.7. The van der Waals surface area contributed by atoms with Crippen molar-refractivity contribution in [2.45, 2.75) is 31.4 Å². The first kappa shape index (κ1) is 23.2. The molecule has 0 radical (unpaired) electrons. The van der Waals surface area contributed by atoms with Gasteiger partial charge in [0.15, 0.2) is 0 Å². The molecule has 3 atom stereocenters. The number of amides is 2. The highest BCUT2D eigenvalue weighted by molar-refractivity contribution is 6.30. The second-order valence-corrected chi connectivity index (χ2v) is 8.73. The molecule has 1 aromatic heterocycles. The Labute approximate surface area is 194 Å². The van der Waals surface area contributed by atoms with E-state index in [0.717, 1.165) is 11.6 Å². The molecule has 1 fully saturated rings. The summed E-state index contributed by atoms with van der Waals surface area (Å²) < 4.78 is 28.3. The number of halogens is 3. The first-order valence-corrected chi connectivity index (χ1v) is 11.1. The Morgan fingerprint density at radius 3 is 2.67 bits per heavy atom. The number of anilines is 1. The van der Waals surface area contributed by atoms with Crippen molar-refractivity contribution >= 4 is 29.4 Å². The van der Waals surface area contributed by atoms with Gasteiger partial charge in [-0.1, -0.05) is 24.6 Å². The van der Waals surface area contributed by atoms with E-state index in [2.05, 4.69) is 15.3 Å². The molecule has 1 saturated heterocycles.